The van der Waals surface area contributed by atoms with Gasteiger partial charge in [0.05, 0.1) is 19.0 Å². The van der Waals surface area contributed by atoms with Gasteiger partial charge < -0.3 is 79.0 Å². The molecule has 0 bridgehead atoms. The molecule has 0 saturated carbocycles. The number of rotatable bonds is 30. The summed E-state index contributed by atoms with van der Waals surface area (Å²) in [4.78, 5) is 155. The second-order valence-corrected chi connectivity index (χ2v) is 23.5. The maximum Gasteiger partial charge on any atom is 0.326 e. The van der Waals surface area contributed by atoms with Gasteiger partial charge in [-0.15, -0.1) is 0 Å². The van der Waals surface area contributed by atoms with Crippen LogP contribution in [0.5, 0.6) is 0 Å². The van der Waals surface area contributed by atoms with Crippen LogP contribution in [0.2, 0.25) is 0 Å². The van der Waals surface area contributed by atoms with E-state index in [1.165, 1.54) is 27.2 Å². The minimum atomic E-state index is -1.71. The number of aromatic nitrogens is 2. The SMILES string of the molecule is CCCC[C@H](N)C(=O)N1CCC[C@H]1C(=O)N[C@@H](CC(C)C)C(=O)N[C@@H](Cc1cnc[nH]1)C(=O)N[C@@H](CO)C(=O)N[C@@H](CCCN=C(N)N)C(=O)N[C@H](C(=O)N1CCC[C@H]1C(=O)N[C@@H](Cc1ccccc1)C(=O)N1CCC[C@H]1C(=O)O)C(C)(C)C. The minimum Gasteiger partial charge on any atom is -0.480 e. The number of imidazole rings is 1. The lowest BCUT2D eigenvalue weighted by Gasteiger charge is -2.36. The third-order valence-electron chi connectivity index (χ3n) is 15.3. The van der Waals surface area contributed by atoms with Crippen molar-refractivity contribution in [2.24, 2.45) is 33.5 Å². The van der Waals surface area contributed by atoms with Crippen molar-refractivity contribution in [3.8, 4) is 0 Å². The molecule has 3 aliphatic heterocycles. The highest BCUT2D eigenvalue weighted by Gasteiger charge is 2.45. The number of aliphatic hydroxyl groups excluding tert-OH is 1. The number of amides is 9. The number of unbranched alkanes of at least 4 members (excludes halogenated alkanes) is 1. The zero-order valence-corrected chi connectivity index (χ0v) is 49.3. The van der Waals surface area contributed by atoms with Gasteiger partial charge in [-0.25, -0.2) is 9.78 Å². The highest BCUT2D eigenvalue weighted by molar-refractivity contribution is 5.99. The number of aromatic amines is 1. The molecule has 15 N–H and O–H groups in total. The van der Waals surface area contributed by atoms with Crippen LogP contribution in [0.4, 0.5) is 0 Å². The number of nitrogens with one attached hydrogen (secondary N) is 7. The summed E-state index contributed by atoms with van der Waals surface area (Å²) >= 11 is 0. The summed E-state index contributed by atoms with van der Waals surface area (Å²) in [6, 6.07) is -3.08. The molecule has 9 amide bonds. The van der Waals surface area contributed by atoms with Crippen molar-refractivity contribution < 1.29 is 58.2 Å². The van der Waals surface area contributed by atoms with Gasteiger partial charge in [-0.3, -0.25) is 48.1 Å². The lowest BCUT2D eigenvalue weighted by atomic mass is 9.85. The number of aliphatic imine (C=N–C) groups is 1. The number of H-pyrrole nitrogens is 1. The fourth-order valence-electron chi connectivity index (χ4n) is 10.8. The first kappa shape index (κ1) is 67.1. The molecule has 10 atom stereocenters. The first-order valence-electron chi connectivity index (χ1n) is 29.2. The van der Waals surface area contributed by atoms with E-state index in [1.807, 2.05) is 20.8 Å². The number of carboxylic acids is 1. The smallest absolute Gasteiger partial charge is 0.326 e. The number of hydrogen-bond acceptors (Lipinski definition) is 14. The number of guanidine groups is 1. The standard InChI is InChI=1S/C57H89N15O12/c1-7-8-18-36(58)52(80)70-24-13-20-42(70)50(78)66-38(27-33(2)3)47(75)65-39(29-35-30-61-32-63-35)48(76)68-41(31-73)49(77)64-37(19-12-23-62-56(59)60)46(74)69-45(57(4,5)6)54(82)71-25-14-21-43(71)51(79)67-40(28-34-16-10-9-11-17-34)53(81)72-26-15-22-44(72)55(83)84/h9-11,16-17,30,32-33,36-45,73H,7-8,12-15,18-29,31,58H2,1-6H3,(H,61,63)(H,64,77)(H,65,75)(H,66,78)(H,67,79)(H,68,76)(H,69,74)(H,83,84)(H4,59,60,62)/t36-,37-,38-,39-,40-,41-,42-,43-,44-,45+/m0/s1. The fourth-order valence-corrected chi connectivity index (χ4v) is 10.8. The van der Waals surface area contributed by atoms with E-state index in [2.05, 4.69) is 46.9 Å². The average molecular weight is 1180 g/mol. The van der Waals surface area contributed by atoms with Gasteiger partial charge >= 0.3 is 5.97 Å². The quantitative estimate of drug-likeness (QED) is 0.0249. The van der Waals surface area contributed by atoms with Gasteiger partial charge in [0.15, 0.2) is 5.96 Å². The lowest BCUT2D eigenvalue weighted by Crippen LogP contribution is -2.62. The van der Waals surface area contributed by atoms with Crippen molar-refractivity contribution in [1.29, 1.82) is 0 Å². The van der Waals surface area contributed by atoms with Crippen LogP contribution < -0.4 is 49.1 Å². The number of carboxylic acid groups (broad SMARTS) is 1. The molecular formula is C57H89N15O12. The summed E-state index contributed by atoms with van der Waals surface area (Å²) < 4.78 is 0. The predicted molar refractivity (Wildman–Crippen MR) is 309 cm³/mol. The van der Waals surface area contributed by atoms with Crippen LogP contribution in [-0.2, 0) is 60.8 Å². The molecule has 0 radical (unpaired) electrons. The number of likely N-dealkylation sites (tertiary alicyclic amines) is 3. The Morgan fingerprint density at radius 1 is 0.679 bits per heavy atom. The maximum absolute atomic E-state index is 14.8. The molecule has 0 unspecified atom stereocenters. The summed E-state index contributed by atoms with van der Waals surface area (Å²) in [6.07, 6.45) is 7.11. The van der Waals surface area contributed by atoms with Gasteiger partial charge in [0.1, 0.15) is 54.4 Å². The van der Waals surface area contributed by atoms with E-state index in [0.29, 0.717) is 49.9 Å². The molecule has 1 aromatic heterocycles. The van der Waals surface area contributed by atoms with Gasteiger partial charge in [0.2, 0.25) is 53.2 Å². The number of nitrogens with zero attached hydrogens (tertiary/aromatic N) is 5. The molecule has 0 aliphatic carbocycles. The second kappa shape index (κ2) is 31.8. The van der Waals surface area contributed by atoms with E-state index in [1.54, 1.807) is 51.1 Å². The summed E-state index contributed by atoms with van der Waals surface area (Å²) in [7, 11) is 0. The molecule has 3 saturated heterocycles. The molecule has 0 spiro atoms. The molecule has 84 heavy (non-hydrogen) atoms. The van der Waals surface area contributed by atoms with Gasteiger partial charge in [-0.05, 0) is 81.1 Å². The Kier molecular flexibility index (Phi) is 25.4. The normalized spacial score (nSPS) is 19.4. The van der Waals surface area contributed by atoms with E-state index in [0.717, 1.165) is 12.8 Å². The average Bonchev–Trinajstić information content (AvgIpc) is 4.10. The van der Waals surface area contributed by atoms with Gasteiger partial charge in [0, 0.05) is 50.9 Å². The van der Waals surface area contributed by atoms with Crippen LogP contribution in [0.3, 0.4) is 0 Å². The number of hydrogen-bond donors (Lipinski definition) is 12. The number of carbonyl (C=O) groups excluding carboxylic acids is 9. The largest absolute Gasteiger partial charge is 0.480 e. The van der Waals surface area contributed by atoms with Gasteiger partial charge in [-0.1, -0.05) is 84.7 Å². The summed E-state index contributed by atoms with van der Waals surface area (Å²) in [6.45, 7) is 10.4. The zero-order valence-electron chi connectivity index (χ0n) is 49.3. The third-order valence-corrected chi connectivity index (χ3v) is 15.3. The zero-order chi connectivity index (χ0) is 61.8. The molecule has 27 heteroatoms. The molecule has 27 nitrogen and oxygen atoms in total. The molecule has 3 fully saturated rings. The first-order chi connectivity index (χ1) is 39.8. The summed E-state index contributed by atoms with van der Waals surface area (Å²) in [5.41, 5.74) is 17.4. The van der Waals surface area contributed by atoms with E-state index < -0.39 is 126 Å². The van der Waals surface area contributed by atoms with E-state index in [-0.39, 0.29) is 82.4 Å². The molecule has 3 aliphatic rings. The van der Waals surface area contributed by atoms with Gasteiger partial charge in [0.25, 0.3) is 0 Å². The first-order valence-corrected chi connectivity index (χ1v) is 29.2. The topological polar surface area (TPSA) is 412 Å². The Morgan fingerprint density at radius 2 is 1.21 bits per heavy atom. The highest BCUT2D eigenvalue weighted by Crippen LogP contribution is 2.28. The van der Waals surface area contributed by atoms with Crippen LogP contribution >= 0.6 is 0 Å². The van der Waals surface area contributed by atoms with Crippen molar-refractivity contribution in [3.63, 3.8) is 0 Å². The molecule has 1 aromatic carbocycles. The number of nitrogens with two attached hydrogens (primary N) is 3. The number of aliphatic hydroxyl groups is 1. The predicted octanol–water partition coefficient (Wildman–Crippen LogP) is -1.18. The fraction of sp³-hybridized carbons (Fsp3) is 0.649. The monoisotopic (exact) mass is 1180 g/mol. The third kappa shape index (κ3) is 19.2. The van der Waals surface area contributed by atoms with Crippen molar-refractivity contribution in [3.05, 3.63) is 54.1 Å². The molecule has 5 rings (SSSR count). The Bertz CT molecular complexity index is 2610. The minimum absolute atomic E-state index is 0.0221. The maximum atomic E-state index is 14.8. The van der Waals surface area contributed by atoms with Crippen LogP contribution in [0.1, 0.15) is 130 Å². The molecule has 4 heterocycles. The Labute approximate surface area is 490 Å². The van der Waals surface area contributed by atoms with Crippen LogP contribution in [0.15, 0.2) is 47.8 Å². The van der Waals surface area contributed by atoms with Crippen molar-refractivity contribution in [1.82, 2.24) is 56.6 Å². The Morgan fingerprint density at radius 3 is 1.76 bits per heavy atom. The van der Waals surface area contributed by atoms with E-state index in [4.69, 9.17) is 17.2 Å². The molecule has 464 valence electrons. The molecular weight excluding hydrogens is 1090 g/mol. The van der Waals surface area contributed by atoms with Crippen LogP contribution in [0, 0.1) is 11.3 Å². The Hall–Kier alpha value is -7.68. The van der Waals surface area contributed by atoms with Crippen LogP contribution in [-0.4, -0.2) is 193 Å². The van der Waals surface area contributed by atoms with Crippen molar-refractivity contribution in [2.75, 3.05) is 32.8 Å². The number of benzene rings is 1. The van der Waals surface area contributed by atoms with Crippen LogP contribution in [0.25, 0.3) is 0 Å². The second-order valence-electron chi connectivity index (χ2n) is 23.5. The van der Waals surface area contributed by atoms with Crippen molar-refractivity contribution in [2.45, 2.75) is 192 Å². The summed E-state index contributed by atoms with van der Waals surface area (Å²) in [5.74, 6) is -7.78. The van der Waals surface area contributed by atoms with E-state index in [9.17, 15) is 58.2 Å². The lowest BCUT2D eigenvalue weighted by molar-refractivity contribution is -0.150. The van der Waals surface area contributed by atoms with Gasteiger partial charge in [-0.2, -0.15) is 0 Å². The number of carbonyl (C=O) groups is 10. The molecule has 2 aromatic rings. The Balaban J connectivity index is 1.32. The highest BCUT2D eigenvalue weighted by atomic mass is 16.4. The van der Waals surface area contributed by atoms with E-state index >= 15 is 0 Å². The summed E-state index contributed by atoms with van der Waals surface area (Å²) in [5, 5.41) is 36.7. The van der Waals surface area contributed by atoms with Crippen molar-refractivity contribution >= 4 is 65.1 Å². The number of aliphatic carboxylic acids is 1.